The summed E-state index contributed by atoms with van der Waals surface area (Å²) in [5.41, 5.74) is 10.4. The number of unbranched alkanes of at least 4 members (excludes halogenated alkanes) is 3. The average Bonchev–Trinajstić information content (AvgIpc) is 3.71. The van der Waals surface area contributed by atoms with Gasteiger partial charge in [0.05, 0.1) is 24.3 Å². The zero-order valence-corrected chi connectivity index (χ0v) is 34.4. The van der Waals surface area contributed by atoms with Gasteiger partial charge in [0, 0.05) is 24.2 Å². The Labute approximate surface area is 373 Å². The van der Waals surface area contributed by atoms with Crippen molar-refractivity contribution in [1.29, 1.82) is 0 Å². The number of aromatic carboxylic acids is 1. The van der Waals surface area contributed by atoms with E-state index in [-0.39, 0.29) is 60.0 Å². The van der Waals surface area contributed by atoms with E-state index in [1.54, 1.807) is 0 Å². The van der Waals surface area contributed by atoms with Gasteiger partial charge in [-0.1, -0.05) is 84.0 Å². The minimum atomic E-state index is -1.24. The summed E-state index contributed by atoms with van der Waals surface area (Å²) >= 11 is 0. The zero-order valence-electron chi connectivity index (χ0n) is 34.4. The van der Waals surface area contributed by atoms with Crippen LogP contribution in [0, 0.1) is 34.6 Å². The van der Waals surface area contributed by atoms with Crippen LogP contribution in [0.3, 0.4) is 0 Å². The van der Waals surface area contributed by atoms with Crippen molar-refractivity contribution in [3.05, 3.63) is 122 Å². The number of carboxylic acid groups (broad SMARTS) is 1. The average molecular weight is 873 g/mol. The molecule has 0 saturated heterocycles. The van der Waals surface area contributed by atoms with Gasteiger partial charge in [0.15, 0.2) is 6.40 Å². The standard InChI is InChI=1S/C26H34N2O4.C20H18O7.4CH4/c1-5-31-28-11-9-7-6-8-10-27-17-30-22-14-19(3)13-21(16-22)24-23-15-18(2)12-20(4)25(23)32-26(24)29;1-10-5-11(2)17-15(6-10)16(20(25)27-17)12-7-13(18(22)23)9-14(8-12)19(24)26-4-3-21;;;;/h12-17,24,28H,5-11H2,1-4H3;5-9,16,21H,3-4H2,1-2H3,(H,22,23);4*1H4. The Morgan fingerprint density at radius 1 is 0.714 bits per heavy atom. The fraction of sp³-hybridized carbons (Fsp3) is 0.420. The number of hydrogen-bond donors (Lipinski definition) is 3. The molecular formula is C50H68N2O11. The molecule has 13 heteroatoms. The first-order valence-corrected chi connectivity index (χ1v) is 19.7. The number of carboxylic acids is 1. The van der Waals surface area contributed by atoms with Crippen molar-refractivity contribution in [1.82, 2.24) is 5.48 Å². The Bertz CT molecular complexity index is 2210. The lowest BCUT2D eigenvalue weighted by Gasteiger charge is -2.12. The van der Waals surface area contributed by atoms with Gasteiger partial charge in [-0.3, -0.25) is 14.6 Å². The van der Waals surface area contributed by atoms with Crippen molar-refractivity contribution in [3.63, 3.8) is 0 Å². The van der Waals surface area contributed by atoms with Crippen LogP contribution in [0.25, 0.3) is 0 Å². The molecule has 13 nitrogen and oxygen atoms in total. The fourth-order valence-electron chi connectivity index (χ4n) is 7.26. The second-order valence-corrected chi connectivity index (χ2v) is 14.7. The predicted molar refractivity (Wildman–Crippen MR) is 248 cm³/mol. The second kappa shape index (κ2) is 25.9. The van der Waals surface area contributed by atoms with Gasteiger partial charge in [-0.25, -0.2) is 15.1 Å². The van der Waals surface area contributed by atoms with Gasteiger partial charge in [0.1, 0.15) is 35.7 Å². The third-order valence-electron chi connectivity index (χ3n) is 9.72. The molecule has 0 fully saturated rings. The van der Waals surface area contributed by atoms with E-state index in [1.165, 1.54) is 24.6 Å². The first kappa shape index (κ1) is 55.1. The van der Waals surface area contributed by atoms with Crippen molar-refractivity contribution in [2.24, 2.45) is 4.99 Å². The van der Waals surface area contributed by atoms with Crippen LogP contribution in [0.15, 0.2) is 65.7 Å². The molecule has 0 bridgehead atoms. The van der Waals surface area contributed by atoms with Crippen LogP contribution < -0.4 is 19.7 Å². The number of esters is 3. The summed E-state index contributed by atoms with van der Waals surface area (Å²) in [4.78, 5) is 58.3. The highest BCUT2D eigenvalue weighted by atomic mass is 16.6. The molecule has 2 atom stereocenters. The SMILES string of the molecule is C.C.C.C.CCONCCCCCCN=COc1cc(C)cc(C2C(=O)Oc3c(C)cc(C)cc32)c1.Cc1cc(C)c2c(c1)C(c1cc(C(=O)O)cc(C(=O)OCCO)c1)C(=O)O2. The molecule has 0 spiro atoms. The van der Waals surface area contributed by atoms with Crippen molar-refractivity contribution in [2.75, 3.05) is 32.9 Å². The molecule has 6 rings (SSSR count). The van der Waals surface area contributed by atoms with Crippen LogP contribution in [0.4, 0.5) is 0 Å². The van der Waals surface area contributed by atoms with Gasteiger partial charge in [-0.05, 0) is 113 Å². The number of ether oxygens (including phenoxy) is 4. The number of nitrogens with one attached hydrogen (secondary N) is 1. The number of hydroxylamine groups is 1. The highest BCUT2D eigenvalue weighted by Gasteiger charge is 2.37. The molecule has 2 heterocycles. The van der Waals surface area contributed by atoms with E-state index in [1.807, 2.05) is 84.0 Å². The third kappa shape index (κ3) is 14.3. The topological polar surface area (TPSA) is 179 Å². The Balaban J connectivity index is 0.000000599. The number of aliphatic imine (C=N–C) groups is 1. The molecule has 2 aliphatic heterocycles. The third-order valence-corrected chi connectivity index (χ3v) is 9.72. The van der Waals surface area contributed by atoms with E-state index in [0.29, 0.717) is 35.0 Å². The van der Waals surface area contributed by atoms with E-state index < -0.39 is 29.7 Å². The molecule has 4 aromatic carbocycles. The number of nitrogens with zero attached hydrogens (tertiary/aromatic N) is 1. The van der Waals surface area contributed by atoms with Crippen molar-refractivity contribution in [3.8, 4) is 17.2 Å². The van der Waals surface area contributed by atoms with Crippen LogP contribution >= 0.6 is 0 Å². The normalized spacial score (nSPS) is 14.3. The molecule has 2 aliphatic rings. The predicted octanol–water partition coefficient (Wildman–Crippen LogP) is 9.92. The number of hydrogen-bond acceptors (Lipinski definition) is 12. The molecule has 0 aliphatic carbocycles. The van der Waals surface area contributed by atoms with Crippen LogP contribution in [0.2, 0.25) is 0 Å². The number of aryl methyl sites for hydroxylation is 5. The largest absolute Gasteiger partial charge is 0.478 e. The maximum Gasteiger partial charge on any atom is 0.338 e. The molecule has 0 saturated carbocycles. The summed E-state index contributed by atoms with van der Waals surface area (Å²) in [6.45, 7) is 13.4. The molecule has 3 N–H and O–H groups in total. The van der Waals surface area contributed by atoms with Crippen LogP contribution in [0.1, 0.15) is 145 Å². The van der Waals surface area contributed by atoms with Gasteiger partial charge >= 0.3 is 23.9 Å². The van der Waals surface area contributed by atoms with Crippen LogP contribution in [-0.2, 0) is 19.2 Å². The highest BCUT2D eigenvalue weighted by Crippen LogP contribution is 2.44. The summed E-state index contributed by atoms with van der Waals surface area (Å²) in [6.07, 6.45) is 5.90. The van der Waals surface area contributed by atoms with E-state index in [4.69, 9.17) is 28.9 Å². The number of benzene rings is 4. The summed E-state index contributed by atoms with van der Waals surface area (Å²) < 4.78 is 21.6. The van der Waals surface area contributed by atoms with Gasteiger partial charge in [-0.2, -0.15) is 0 Å². The van der Waals surface area contributed by atoms with E-state index in [2.05, 4.69) is 10.5 Å². The van der Waals surface area contributed by atoms with Crippen molar-refractivity contribution in [2.45, 2.75) is 109 Å². The molecule has 0 amide bonds. The second-order valence-electron chi connectivity index (χ2n) is 14.7. The minimum absolute atomic E-state index is 0. The number of carbonyl (C=O) groups excluding carboxylic acids is 3. The van der Waals surface area contributed by atoms with E-state index in [0.717, 1.165) is 77.7 Å². The maximum absolute atomic E-state index is 12.7. The lowest BCUT2D eigenvalue weighted by molar-refractivity contribution is -0.134. The number of aliphatic hydroxyl groups is 1. The Hall–Kier alpha value is -5.89. The first-order chi connectivity index (χ1) is 28.3. The zero-order chi connectivity index (χ0) is 42.6. The van der Waals surface area contributed by atoms with Crippen molar-refractivity contribution >= 4 is 30.3 Å². The Morgan fingerprint density at radius 2 is 1.25 bits per heavy atom. The maximum atomic E-state index is 12.7. The number of rotatable bonds is 17. The lowest BCUT2D eigenvalue weighted by atomic mass is 9.88. The summed E-state index contributed by atoms with van der Waals surface area (Å²) in [5.74, 6) is -2.23. The molecule has 63 heavy (non-hydrogen) atoms. The van der Waals surface area contributed by atoms with Crippen LogP contribution in [0.5, 0.6) is 17.2 Å². The Morgan fingerprint density at radius 3 is 1.81 bits per heavy atom. The molecular weight excluding hydrogens is 805 g/mol. The number of fused-ring (bicyclic) bond motifs is 2. The molecule has 344 valence electrons. The fourth-order valence-corrected chi connectivity index (χ4v) is 7.26. The number of aliphatic hydroxyl groups excluding tert-OH is 1. The smallest absolute Gasteiger partial charge is 0.338 e. The highest BCUT2D eigenvalue weighted by molar-refractivity contribution is 5.97. The van der Waals surface area contributed by atoms with Crippen molar-refractivity contribution < 1.29 is 53.2 Å². The molecule has 4 aromatic rings. The summed E-state index contributed by atoms with van der Waals surface area (Å²) in [5, 5.41) is 18.2. The van der Waals surface area contributed by atoms with E-state index in [9.17, 15) is 24.3 Å². The quantitative estimate of drug-likeness (QED) is 0.0229. The summed E-state index contributed by atoms with van der Waals surface area (Å²) in [6, 6.07) is 17.6. The van der Waals surface area contributed by atoms with Crippen LogP contribution in [-0.4, -0.2) is 73.4 Å². The number of carbonyl (C=O) groups is 4. The van der Waals surface area contributed by atoms with Gasteiger partial charge in [0.2, 0.25) is 0 Å². The van der Waals surface area contributed by atoms with Gasteiger partial charge in [0.25, 0.3) is 0 Å². The lowest BCUT2D eigenvalue weighted by Crippen LogP contribution is -2.15. The Kier molecular flexibility index (Phi) is 22.7. The molecule has 0 radical (unpaired) electrons. The minimum Gasteiger partial charge on any atom is -0.478 e. The van der Waals surface area contributed by atoms with Gasteiger partial charge < -0.3 is 34.0 Å². The molecule has 0 aromatic heterocycles. The first-order valence-electron chi connectivity index (χ1n) is 19.7. The summed E-state index contributed by atoms with van der Waals surface area (Å²) in [7, 11) is 0. The van der Waals surface area contributed by atoms with Gasteiger partial charge in [-0.15, -0.1) is 0 Å². The monoisotopic (exact) mass is 872 g/mol. The van der Waals surface area contributed by atoms with E-state index >= 15 is 0 Å². The molecule has 2 unspecified atom stereocenters.